The molecule has 0 radical (unpaired) electrons. The molecular formula is C18H13ClN2S. The molecular weight excluding hydrogens is 312 g/mol. The maximum absolute atomic E-state index is 6.24. The van der Waals surface area contributed by atoms with Crippen LogP contribution in [0.5, 0.6) is 0 Å². The van der Waals surface area contributed by atoms with Crippen LogP contribution in [0, 0.1) is 6.92 Å². The van der Waals surface area contributed by atoms with E-state index in [1.165, 1.54) is 4.88 Å². The lowest BCUT2D eigenvalue weighted by atomic mass is 9.96. The lowest BCUT2D eigenvalue weighted by Crippen LogP contribution is -2.04. The number of aliphatic imine (C=N–C) groups is 1. The van der Waals surface area contributed by atoms with Gasteiger partial charge in [-0.2, -0.15) is 0 Å². The van der Waals surface area contributed by atoms with E-state index >= 15 is 0 Å². The highest BCUT2D eigenvalue weighted by molar-refractivity contribution is 7.12. The van der Waals surface area contributed by atoms with Crippen molar-refractivity contribution in [3.63, 3.8) is 0 Å². The zero-order chi connectivity index (χ0) is 15.1. The average Bonchev–Trinajstić information content (AvgIpc) is 2.83. The highest BCUT2D eigenvalue weighted by Gasteiger charge is 2.21. The summed E-state index contributed by atoms with van der Waals surface area (Å²) in [6, 6.07) is 16.2. The third-order valence-corrected chi connectivity index (χ3v) is 4.91. The molecule has 0 aliphatic carbocycles. The maximum atomic E-state index is 6.24. The molecule has 2 aromatic carbocycles. The minimum Gasteiger partial charge on any atom is -0.278 e. The van der Waals surface area contributed by atoms with Gasteiger partial charge in [-0.1, -0.05) is 48.0 Å². The first kappa shape index (κ1) is 13.7. The number of rotatable bonds is 1. The molecule has 1 aliphatic heterocycles. The normalized spacial score (nSPS) is 13.1. The smallest absolute Gasteiger partial charge is 0.0905 e. The number of nitrogens with zero attached hydrogens (tertiary/aromatic N) is 2. The van der Waals surface area contributed by atoms with Gasteiger partial charge >= 0.3 is 0 Å². The highest BCUT2D eigenvalue weighted by atomic mass is 35.5. The predicted octanol–water partition coefficient (Wildman–Crippen LogP) is 5.12. The van der Waals surface area contributed by atoms with E-state index < -0.39 is 0 Å². The van der Waals surface area contributed by atoms with E-state index in [9.17, 15) is 0 Å². The summed E-state index contributed by atoms with van der Waals surface area (Å²) in [7, 11) is 0. The van der Waals surface area contributed by atoms with Crippen molar-refractivity contribution in [3.05, 3.63) is 74.6 Å². The fourth-order valence-corrected chi connectivity index (χ4v) is 3.83. The molecule has 0 atom stereocenters. The van der Waals surface area contributed by atoms with Gasteiger partial charge in [0, 0.05) is 21.7 Å². The molecule has 1 aliphatic rings. The molecule has 2 nitrogen and oxygen atoms in total. The quantitative estimate of drug-likeness (QED) is 0.609. The molecule has 0 saturated carbocycles. The summed E-state index contributed by atoms with van der Waals surface area (Å²) in [5.74, 6) is 0. The maximum Gasteiger partial charge on any atom is 0.0905 e. The summed E-state index contributed by atoms with van der Waals surface area (Å²) in [5.41, 5.74) is 5.31. The number of hydrogen-bond donors (Lipinski definition) is 0. The molecule has 3 aromatic rings. The first-order chi connectivity index (χ1) is 10.7. The highest BCUT2D eigenvalue weighted by Crippen LogP contribution is 2.36. The Morgan fingerprint density at radius 2 is 1.86 bits per heavy atom. The first-order valence-electron chi connectivity index (χ1n) is 7.09. The number of fused-ring (bicyclic) bond motifs is 3. The van der Waals surface area contributed by atoms with Gasteiger partial charge in [0.05, 0.1) is 27.8 Å². The van der Waals surface area contributed by atoms with Crippen molar-refractivity contribution in [2.45, 2.75) is 13.5 Å². The molecule has 108 valence electrons. The summed E-state index contributed by atoms with van der Waals surface area (Å²) in [6.07, 6.45) is 0. The Bertz CT molecular complexity index is 881. The lowest BCUT2D eigenvalue weighted by molar-refractivity contribution is 1.10. The third kappa shape index (κ3) is 2.27. The Labute approximate surface area is 138 Å². The van der Waals surface area contributed by atoms with E-state index in [4.69, 9.17) is 21.6 Å². The Balaban J connectivity index is 1.99. The summed E-state index contributed by atoms with van der Waals surface area (Å²) in [6.45, 7) is 2.70. The summed E-state index contributed by atoms with van der Waals surface area (Å²) in [4.78, 5) is 10.8. The van der Waals surface area contributed by atoms with E-state index in [1.54, 1.807) is 11.3 Å². The zero-order valence-electron chi connectivity index (χ0n) is 12.0. The van der Waals surface area contributed by atoms with E-state index in [0.29, 0.717) is 6.54 Å². The van der Waals surface area contributed by atoms with Crippen LogP contribution in [0.1, 0.15) is 21.0 Å². The van der Waals surface area contributed by atoms with Gasteiger partial charge < -0.3 is 0 Å². The van der Waals surface area contributed by atoms with Gasteiger partial charge in [0.25, 0.3) is 0 Å². The largest absolute Gasteiger partial charge is 0.278 e. The van der Waals surface area contributed by atoms with Gasteiger partial charge in [-0.3, -0.25) is 4.99 Å². The Hall–Kier alpha value is -1.97. The van der Waals surface area contributed by atoms with Crippen LogP contribution in [0.25, 0.3) is 11.3 Å². The molecule has 0 spiro atoms. The van der Waals surface area contributed by atoms with E-state index in [2.05, 4.69) is 18.2 Å². The molecule has 0 N–H and O–H groups in total. The van der Waals surface area contributed by atoms with Crippen LogP contribution in [0.15, 0.2) is 53.5 Å². The molecule has 2 heterocycles. The second-order valence-corrected chi connectivity index (χ2v) is 6.95. The van der Waals surface area contributed by atoms with Crippen molar-refractivity contribution < 1.29 is 0 Å². The third-order valence-electron chi connectivity index (χ3n) is 3.72. The molecule has 4 heteroatoms. The molecule has 0 bridgehead atoms. The van der Waals surface area contributed by atoms with Crippen LogP contribution in [-0.4, -0.2) is 10.7 Å². The van der Waals surface area contributed by atoms with E-state index in [-0.39, 0.29) is 0 Å². The van der Waals surface area contributed by atoms with Gasteiger partial charge in [-0.15, -0.1) is 11.3 Å². The van der Waals surface area contributed by atoms with Gasteiger partial charge in [0.1, 0.15) is 0 Å². The van der Waals surface area contributed by atoms with Crippen molar-refractivity contribution in [1.82, 2.24) is 4.98 Å². The molecule has 0 unspecified atom stereocenters. The Kier molecular flexibility index (Phi) is 3.32. The number of thiazole rings is 1. The van der Waals surface area contributed by atoms with Crippen LogP contribution in [0.3, 0.4) is 0 Å². The molecule has 4 rings (SSSR count). The summed E-state index contributed by atoms with van der Waals surface area (Å²) >= 11 is 7.96. The van der Waals surface area contributed by atoms with E-state index in [1.807, 2.05) is 37.3 Å². The van der Waals surface area contributed by atoms with Crippen molar-refractivity contribution in [2.75, 3.05) is 0 Å². The number of hydrogen-bond acceptors (Lipinski definition) is 3. The standard InChI is InChI=1S/C18H13ClN2S/c1-11-21-18-14-8-7-13(19)9-15(14)17(20-10-16(18)22-11)12-5-3-2-4-6-12/h2-9H,10H2,1H3. The fourth-order valence-electron chi connectivity index (χ4n) is 2.78. The van der Waals surface area contributed by atoms with Crippen molar-refractivity contribution in [3.8, 4) is 11.3 Å². The van der Waals surface area contributed by atoms with E-state index in [0.717, 1.165) is 38.1 Å². The van der Waals surface area contributed by atoms with Gasteiger partial charge in [-0.25, -0.2) is 4.98 Å². The monoisotopic (exact) mass is 324 g/mol. The van der Waals surface area contributed by atoms with Crippen molar-refractivity contribution >= 4 is 28.6 Å². The Morgan fingerprint density at radius 1 is 1.05 bits per heavy atom. The molecule has 0 fully saturated rings. The molecule has 0 amide bonds. The van der Waals surface area contributed by atoms with Gasteiger partial charge in [-0.05, 0) is 19.1 Å². The van der Waals surface area contributed by atoms with Gasteiger partial charge in [0.15, 0.2) is 0 Å². The predicted molar refractivity (Wildman–Crippen MR) is 93.1 cm³/mol. The van der Waals surface area contributed by atoms with Crippen molar-refractivity contribution in [1.29, 1.82) is 0 Å². The number of aromatic nitrogens is 1. The second kappa shape index (κ2) is 5.34. The van der Waals surface area contributed by atoms with Crippen LogP contribution in [0.4, 0.5) is 0 Å². The summed E-state index contributed by atoms with van der Waals surface area (Å²) in [5, 5.41) is 1.79. The minimum absolute atomic E-state index is 0.664. The fraction of sp³-hybridized carbons (Fsp3) is 0.111. The van der Waals surface area contributed by atoms with Crippen LogP contribution >= 0.6 is 22.9 Å². The van der Waals surface area contributed by atoms with Gasteiger partial charge in [0.2, 0.25) is 0 Å². The second-order valence-electron chi connectivity index (χ2n) is 5.23. The van der Waals surface area contributed by atoms with Crippen molar-refractivity contribution in [2.24, 2.45) is 4.99 Å². The first-order valence-corrected chi connectivity index (χ1v) is 8.28. The van der Waals surface area contributed by atoms with Crippen LogP contribution in [-0.2, 0) is 6.54 Å². The number of halogens is 1. The lowest BCUT2D eigenvalue weighted by Gasteiger charge is -2.10. The molecule has 0 saturated heterocycles. The molecule has 22 heavy (non-hydrogen) atoms. The number of aryl methyl sites for hydroxylation is 1. The summed E-state index contributed by atoms with van der Waals surface area (Å²) < 4.78 is 0. The average molecular weight is 325 g/mol. The minimum atomic E-state index is 0.664. The SMILES string of the molecule is Cc1nc2c(s1)CN=C(c1ccccc1)c1cc(Cl)ccc1-2. The topological polar surface area (TPSA) is 25.2 Å². The number of benzene rings is 2. The van der Waals surface area contributed by atoms with Crippen LogP contribution < -0.4 is 0 Å². The molecule has 1 aromatic heterocycles. The Morgan fingerprint density at radius 3 is 2.68 bits per heavy atom. The van der Waals surface area contributed by atoms with Crippen LogP contribution in [0.2, 0.25) is 5.02 Å². The zero-order valence-corrected chi connectivity index (χ0v) is 13.6.